The number of aryl methyl sites for hydroxylation is 1. The van der Waals surface area contributed by atoms with Crippen LogP contribution in [0.2, 0.25) is 0 Å². The quantitative estimate of drug-likeness (QED) is 0.819. The minimum atomic E-state index is 0.565. The highest BCUT2D eigenvalue weighted by Crippen LogP contribution is 2.36. The Morgan fingerprint density at radius 2 is 1.85 bits per heavy atom. The third-order valence-electron chi connectivity index (χ3n) is 4.94. The first-order valence-electron chi connectivity index (χ1n) is 8.01. The predicted molar refractivity (Wildman–Crippen MR) is 87.8 cm³/mol. The number of anilines is 1. The number of rotatable bonds is 5. The van der Waals surface area contributed by atoms with Crippen molar-refractivity contribution < 1.29 is 0 Å². The zero-order valence-corrected chi connectivity index (χ0v) is 13.4. The molecule has 20 heavy (non-hydrogen) atoms. The fourth-order valence-corrected chi connectivity index (χ4v) is 3.29. The van der Waals surface area contributed by atoms with Gasteiger partial charge in [-0.05, 0) is 69.2 Å². The highest BCUT2D eigenvalue weighted by molar-refractivity contribution is 5.46. The summed E-state index contributed by atoms with van der Waals surface area (Å²) in [6, 6.07) is 9.03. The molecule has 112 valence electrons. The van der Waals surface area contributed by atoms with E-state index >= 15 is 0 Å². The SMILES string of the molecule is CN(CCCc1ccccc1N)C1CCC(C)(C)CC1. The third kappa shape index (κ3) is 4.24. The molecule has 2 rings (SSSR count). The number of hydrogen-bond acceptors (Lipinski definition) is 2. The Morgan fingerprint density at radius 3 is 2.50 bits per heavy atom. The van der Waals surface area contributed by atoms with Gasteiger partial charge in [0.1, 0.15) is 0 Å². The lowest BCUT2D eigenvalue weighted by molar-refractivity contribution is 0.127. The zero-order chi connectivity index (χ0) is 14.6. The molecule has 2 nitrogen and oxygen atoms in total. The number of nitrogen functional groups attached to an aromatic ring is 1. The van der Waals surface area contributed by atoms with Crippen molar-refractivity contribution in [3.05, 3.63) is 29.8 Å². The van der Waals surface area contributed by atoms with Crippen molar-refractivity contribution in [2.24, 2.45) is 5.41 Å². The molecule has 1 aliphatic carbocycles. The number of nitrogens with zero attached hydrogens (tertiary/aromatic N) is 1. The van der Waals surface area contributed by atoms with Gasteiger partial charge in [-0.3, -0.25) is 0 Å². The van der Waals surface area contributed by atoms with E-state index in [0.717, 1.165) is 18.2 Å². The molecular formula is C18H30N2. The normalized spacial score (nSPS) is 19.4. The summed E-state index contributed by atoms with van der Waals surface area (Å²) in [7, 11) is 2.29. The molecule has 1 aromatic carbocycles. The molecular weight excluding hydrogens is 244 g/mol. The summed E-state index contributed by atoms with van der Waals surface area (Å²) >= 11 is 0. The molecule has 0 amide bonds. The lowest BCUT2D eigenvalue weighted by Gasteiger charge is -2.38. The fraction of sp³-hybridized carbons (Fsp3) is 0.667. The van der Waals surface area contributed by atoms with Gasteiger partial charge in [0, 0.05) is 11.7 Å². The molecule has 2 heteroatoms. The van der Waals surface area contributed by atoms with Gasteiger partial charge in [0.2, 0.25) is 0 Å². The van der Waals surface area contributed by atoms with E-state index < -0.39 is 0 Å². The van der Waals surface area contributed by atoms with Gasteiger partial charge in [0.05, 0.1) is 0 Å². The summed E-state index contributed by atoms with van der Waals surface area (Å²) in [6.07, 6.45) is 7.75. The summed E-state index contributed by atoms with van der Waals surface area (Å²) in [5.41, 5.74) is 8.80. The van der Waals surface area contributed by atoms with Gasteiger partial charge < -0.3 is 10.6 Å². The number of benzene rings is 1. The molecule has 1 saturated carbocycles. The monoisotopic (exact) mass is 274 g/mol. The van der Waals surface area contributed by atoms with Crippen LogP contribution in [0, 0.1) is 5.41 Å². The average molecular weight is 274 g/mol. The van der Waals surface area contributed by atoms with Crippen molar-refractivity contribution >= 4 is 5.69 Å². The number of para-hydroxylation sites is 1. The molecule has 1 fully saturated rings. The van der Waals surface area contributed by atoms with Crippen molar-refractivity contribution in [1.29, 1.82) is 0 Å². The molecule has 0 saturated heterocycles. The number of hydrogen-bond donors (Lipinski definition) is 1. The van der Waals surface area contributed by atoms with Crippen molar-refractivity contribution in [3.63, 3.8) is 0 Å². The Kier molecular flexibility index (Phi) is 5.09. The molecule has 0 unspecified atom stereocenters. The predicted octanol–water partition coefficient (Wildman–Crippen LogP) is 4.10. The van der Waals surface area contributed by atoms with Crippen LogP contribution < -0.4 is 5.73 Å². The first-order chi connectivity index (χ1) is 9.48. The number of nitrogens with two attached hydrogens (primary N) is 1. The second-order valence-electron chi connectivity index (χ2n) is 7.18. The lowest BCUT2D eigenvalue weighted by atomic mass is 9.75. The zero-order valence-electron chi connectivity index (χ0n) is 13.4. The maximum atomic E-state index is 6.00. The highest BCUT2D eigenvalue weighted by Gasteiger charge is 2.28. The van der Waals surface area contributed by atoms with Crippen LogP contribution in [-0.4, -0.2) is 24.5 Å². The molecule has 0 bridgehead atoms. The molecule has 0 spiro atoms. The van der Waals surface area contributed by atoms with E-state index in [4.69, 9.17) is 5.73 Å². The minimum absolute atomic E-state index is 0.565. The van der Waals surface area contributed by atoms with Crippen LogP contribution in [0.25, 0.3) is 0 Å². The second-order valence-corrected chi connectivity index (χ2v) is 7.18. The van der Waals surface area contributed by atoms with Crippen LogP contribution in [0.15, 0.2) is 24.3 Å². The summed E-state index contributed by atoms with van der Waals surface area (Å²) in [6.45, 7) is 5.99. The van der Waals surface area contributed by atoms with Crippen molar-refractivity contribution in [3.8, 4) is 0 Å². The lowest BCUT2D eigenvalue weighted by Crippen LogP contribution is -2.37. The molecule has 0 aromatic heterocycles. The first kappa shape index (κ1) is 15.4. The van der Waals surface area contributed by atoms with Gasteiger partial charge >= 0.3 is 0 Å². The second kappa shape index (κ2) is 6.62. The van der Waals surface area contributed by atoms with Crippen LogP contribution in [0.3, 0.4) is 0 Å². The van der Waals surface area contributed by atoms with E-state index in [2.05, 4.69) is 37.9 Å². The molecule has 0 radical (unpaired) electrons. The largest absolute Gasteiger partial charge is 0.399 e. The van der Waals surface area contributed by atoms with E-state index in [0.29, 0.717) is 5.41 Å². The smallest absolute Gasteiger partial charge is 0.0346 e. The Bertz CT molecular complexity index is 415. The fourth-order valence-electron chi connectivity index (χ4n) is 3.29. The Labute approximate surface area is 124 Å². The molecule has 1 aromatic rings. The van der Waals surface area contributed by atoms with Crippen LogP contribution in [0.4, 0.5) is 5.69 Å². The van der Waals surface area contributed by atoms with Crippen LogP contribution in [0.5, 0.6) is 0 Å². The van der Waals surface area contributed by atoms with E-state index in [1.165, 1.54) is 44.2 Å². The topological polar surface area (TPSA) is 29.3 Å². The van der Waals surface area contributed by atoms with Crippen molar-refractivity contribution in [1.82, 2.24) is 4.90 Å². The third-order valence-corrected chi connectivity index (χ3v) is 4.94. The van der Waals surface area contributed by atoms with E-state index in [9.17, 15) is 0 Å². The summed E-state index contributed by atoms with van der Waals surface area (Å²) in [5, 5.41) is 0. The van der Waals surface area contributed by atoms with Gasteiger partial charge in [0.25, 0.3) is 0 Å². The van der Waals surface area contributed by atoms with Gasteiger partial charge in [-0.25, -0.2) is 0 Å². The van der Waals surface area contributed by atoms with Gasteiger partial charge in [0.15, 0.2) is 0 Å². The molecule has 0 aliphatic heterocycles. The van der Waals surface area contributed by atoms with Crippen molar-refractivity contribution in [2.45, 2.75) is 58.4 Å². The maximum absolute atomic E-state index is 6.00. The van der Waals surface area contributed by atoms with Crippen LogP contribution in [0.1, 0.15) is 51.5 Å². The van der Waals surface area contributed by atoms with Gasteiger partial charge in [-0.2, -0.15) is 0 Å². The van der Waals surface area contributed by atoms with Crippen molar-refractivity contribution in [2.75, 3.05) is 19.3 Å². The van der Waals surface area contributed by atoms with E-state index in [-0.39, 0.29) is 0 Å². The summed E-state index contributed by atoms with van der Waals surface area (Å²) in [4.78, 5) is 2.56. The molecule has 1 aliphatic rings. The van der Waals surface area contributed by atoms with Crippen LogP contribution in [-0.2, 0) is 6.42 Å². The van der Waals surface area contributed by atoms with E-state index in [1.807, 2.05) is 12.1 Å². The first-order valence-corrected chi connectivity index (χ1v) is 8.01. The molecule has 2 N–H and O–H groups in total. The summed E-state index contributed by atoms with van der Waals surface area (Å²) < 4.78 is 0. The molecule has 0 atom stereocenters. The minimum Gasteiger partial charge on any atom is -0.399 e. The Hall–Kier alpha value is -1.02. The van der Waals surface area contributed by atoms with Gasteiger partial charge in [-0.1, -0.05) is 32.0 Å². The average Bonchev–Trinajstić information content (AvgIpc) is 2.40. The molecule has 0 heterocycles. The maximum Gasteiger partial charge on any atom is 0.0346 e. The van der Waals surface area contributed by atoms with Gasteiger partial charge in [-0.15, -0.1) is 0 Å². The summed E-state index contributed by atoms with van der Waals surface area (Å²) in [5.74, 6) is 0. The standard InChI is InChI=1S/C18H30N2/c1-18(2)12-10-16(11-13-18)20(3)14-6-8-15-7-4-5-9-17(15)19/h4-5,7,9,16H,6,8,10-14,19H2,1-3H3. The van der Waals surface area contributed by atoms with E-state index in [1.54, 1.807) is 0 Å². The highest BCUT2D eigenvalue weighted by atomic mass is 15.1. The Balaban J connectivity index is 1.73. The Morgan fingerprint density at radius 1 is 1.20 bits per heavy atom. The van der Waals surface area contributed by atoms with Crippen LogP contribution >= 0.6 is 0 Å².